The van der Waals surface area contributed by atoms with Gasteiger partial charge in [-0.15, -0.1) is 0 Å². The molecule has 0 spiro atoms. The summed E-state index contributed by atoms with van der Waals surface area (Å²) in [4.78, 5) is 0. The van der Waals surface area contributed by atoms with Crippen molar-refractivity contribution in [3.05, 3.63) is 84.4 Å². The van der Waals surface area contributed by atoms with Crippen molar-refractivity contribution in [1.29, 1.82) is 0 Å². The van der Waals surface area contributed by atoms with Crippen molar-refractivity contribution in [1.82, 2.24) is 5.32 Å². The summed E-state index contributed by atoms with van der Waals surface area (Å²) in [5.41, 5.74) is 8.81. The number of anilines is 1. The molecule has 2 aliphatic rings. The fourth-order valence-corrected chi connectivity index (χ4v) is 11.0. The highest BCUT2D eigenvalue weighted by molar-refractivity contribution is 7.80. The number of nitrogens with two attached hydrogens (primary N) is 1. The molecule has 0 bridgehead atoms. The van der Waals surface area contributed by atoms with Gasteiger partial charge in [0.2, 0.25) is 0 Å². The van der Waals surface area contributed by atoms with Crippen LogP contribution < -0.4 is 31.5 Å². The number of ether oxygens (including phenoxy) is 1. The van der Waals surface area contributed by atoms with Crippen LogP contribution in [0.25, 0.3) is 0 Å². The first-order chi connectivity index (χ1) is 18.3. The second-order valence-corrected chi connectivity index (χ2v) is 16.1. The van der Waals surface area contributed by atoms with E-state index < -0.39 is 8.32 Å². The lowest BCUT2D eigenvalue weighted by molar-refractivity contribution is 0.120. The standard InChI is InChI=1S/C31H39N3O2SSi/c1-31(2,3)38(23-11-6-4-7-12-23,24-13-8-5-9-14-24)36-22-17-18-26(32)28(21-22)34-30(37)33-27-15-10-16-29-25(27)19-20-35-29/h4-16,22,26,28H,17-21,32H2,1-3H3,(H2,33,34,37)/t22-,26+,28-/m1/s1. The molecule has 5 nitrogen and oxygen atoms in total. The van der Waals surface area contributed by atoms with Gasteiger partial charge in [0.1, 0.15) is 5.75 Å². The highest BCUT2D eigenvalue weighted by Crippen LogP contribution is 2.39. The van der Waals surface area contributed by atoms with Gasteiger partial charge in [-0.1, -0.05) is 87.5 Å². The minimum Gasteiger partial charge on any atom is -0.493 e. The van der Waals surface area contributed by atoms with Crippen LogP contribution in [0.4, 0.5) is 5.69 Å². The monoisotopic (exact) mass is 545 g/mol. The first-order valence-electron chi connectivity index (χ1n) is 13.6. The van der Waals surface area contributed by atoms with Crippen molar-refractivity contribution in [2.24, 2.45) is 5.73 Å². The van der Waals surface area contributed by atoms with Gasteiger partial charge in [0.25, 0.3) is 8.32 Å². The summed E-state index contributed by atoms with van der Waals surface area (Å²) >= 11 is 5.75. The Labute approximate surface area is 233 Å². The lowest BCUT2D eigenvalue weighted by atomic mass is 9.89. The fraction of sp³-hybridized carbons (Fsp3) is 0.387. The van der Waals surface area contributed by atoms with E-state index in [1.807, 2.05) is 12.1 Å². The van der Waals surface area contributed by atoms with Gasteiger partial charge in [-0.25, -0.2) is 0 Å². The van der Waals surface area contributed by atoms with Crippen LogP contribution in [0.1, 0.15) is 45.6 Å². The molecular weight excluding hydrogens is 507 g/mol. The van der Waals surface area contributed by atoms with Crippen molar-refractivity contribution in [3.8, 4) is 5.75 Å². The normalized spacial score (nSPS) is 21.3. The zero-order chi connectivity index (χ0) is 26.8. The number of rotatable bonds is 6. The van der Waals surface area contributed by atoms with Crippen LogP contribution >= 0.6 is 12.2 Å². The van der Waals surface area contributed by atoms with E-state index in [2.05, 4.69) is 98.1 Å². The maximum Gasteiger partial charge on any atom is 0.261 e. The Morgan fingerprint density at radius 1 is 0.947 bits per heavy atom. The molecule has 5 rings (SSSR count). The Morgan fingerprint density at radius 2 is 1.61 bits per heavy atom. The summed E-state index contributed by atoms with van der Waals surface area (Å²) in [6.45, 7) is 7.68. The number of hydrogen-bond acceptors (Lipinski definition) is 4. The third-order valence-electron chi connectivity index (χ3n) is 7.92. The molecule has 0 radical (unpaired) electrons. The number of benzene rings is 3. The first-order valence-corrected chi connectivity index (χ1v) is 16.0. The number of hydrogen-bond donors (Lipinski definition) is 3. The molecular formula is C31H39N3O2SSi. The molecule has 0 saturated heterocycles. The Bertz CT molecular complexity index is 1210. The van der Waals surface area contributed by atoms with Crippen LogP contribution in [0.2, 0.25) is 5.04 Å². The topological polar surface area (TPSA) is 68.5 Å². The second kappa shape index (κ2) is 11.2. The van der Waals surface area contributed by atoms with Crippen molar-refractivity contribution in [2.75, 3.05) is 11.9 Å². The second-order valence-electron chi connectivity index (χ2n) is 11.5. The third-order valence-corrected chi connectivity index (χ3v) is 13.2. The Kier molecular flexibility index (Phi) is 7.91. The molecule has 3 aromatic carbocycles. The molecule has 3 aromatic rings. The Hall–Kier alpha value is -2.71. The summed E-state index contributed by atoms with van der Waals surface area (Å²) in [7, 11) is -2.63. The molecule has 7 heteroatoms. The molecule has 4 N–H and O–H groups in total. The number of fused-ring (bicyclic) bond motifs is 1. The quantitative estimate of drug-likeness (QED) is 0.307. The van der Waals surface area contributed by atoms with Crippen molar-refractivity contribution < 1.29 is 9.16 Å². The Morgan fingerprint density at radius 3 is 2.24 bits per heavy atom. The van der Waals surface area contributed by atoms with E-state index in [0.29, 0.717) is 11.7 Å². The zero-order valence-electron chi connectivity index (χ0n) is 22.6. The van der Waals surface area contributed by atoms with Crippen molar-refractivity contribution >= 4 is 41.7 Å². The van der Waals surface area contributed by atoms with Crippen LogP contribution in [0.3, 0.4) is 0 Å². The van der Waals surface area contributed by atoms with Gasteiger partial charge < -0.3 is 25.5 Å². The van der Waals surface area contributed by atoms with Crippen molar-refractivity contribution in [2.45, 2.75) is 69.7 Å². The van der Waals surface area contributed by atoms with E-state index in [1.165, 1.54) is 15.9 Å². The van der Waals surface area contributed by atoms with E-state index in [0.717, 1.165) is 37.1 Å². The van der Waals surface area contributed by atoms with Gasteiger partial charge in [0, 0.05) is 35.9 Å². The third kappa shape index (κ3) is 5.38. The predicted octanol–water partition coefficient (Wildman–Crippen LogP) is 4.73. The molecule has 1 aliphatic carbocycles. The van der Waals surface area contributed by atoms with Crippen molar-refractivity contribution in [3.63, 3.8) is 0 Å². The molecule has 1 heterocycles. The highest BCUT2D eigenvalue weighted by Gasteiger charge is 2.52. The van der Waals surface area contributed by atoms with Crippen LogP contribution in [-0.4, -0.2) is 38.2 Å². The number of thiocarbonyl (C=S) groups is 1. The molecule has 0 aromatic heterocycles. The molecule has 38 heavy (non-hydrogen) atoms. The lowest BCUT2D eigenvalue weighted by Gasteiger charge is -2.47. The van der Waals surface area contributed by atoms with Gasteiger partial charge in [-0.3, -0.25) is 0 Å². The van der Waals surface area contributed by atoms with E-state index >= 15 is 0 Å². The highest BCUT2D eigenvalue weighted by atomic mass is 32.1. The van der Waals surface area contributed by atoms with Gasteiger partial charge >= 0.3 is 0 Å². The molecule has 0 amide bonds. The minimum atomic E-state index is -2.63. The van der Waals surface area contributed by atoms with Crippen LogP contribution in [-0.2, 0) is 10.8 Å². The van der Waals surface area contributed by atoms with E-state index in [4.69, 9.17) is 27.1 Å². The average Bonchev–Trinajstić information content (AvgIpc) is 3.39. The first kappa shape index (κ1) is 26.9. The summed E-state index contributed by atoms with van der Waals surface area (Å²) in [5, 5.41) is 10.1. The SMILES string of the molecule is CC(C)(C)[Si](O[C@@H]1CC[C@H](N)[C@H](NC(=S)Nc2cccc3c2CCO3)C1)(c1ccccc1)c1ccccc1. The minimum absolute atomic E-state index is 0.0126. The molecule has 1 saturated carbocycles. The molecule has 1 fully saturated rings. The maximum atomic E-state index is 7.42. The molecule has 0 unspecified atom stereocenters. The molecule has 3 atom stereocenters. The van der Waals surface area contributed by atoms with E-state index in [1.54, 1.807) is 0 Å². The van der Waals surface area contributed by atoms with Gasteiger partial charge in [0.05, 0.1) is 6.61 Å². The molecule has 200 valence electrons. The largest absolute Gasteiger partial charge is 0.493 e. The molecule has 1 aliphatic heterocycles. The van der Waals surface area contributed by atoms with Gasteiger partial charge in [-0.2, -0.15) is 0 Å². The number of nitrogens with one attached hydrogen (secondary N) is 2. The summed E-state index contributed by atoms with van der Waals surface area (Å²) in [6, 6.07) is 27.8. The smallest absolute Gasteiger partial charge is 0.261 e. The average molecular weight is 546 g/mol. The van der Waals surface area contributed by atoms with Gasteiger partial charge in [-0.05, 0) is 59.0 Å². The predicted molar refractivity (Wildman–Crippen MR) is 163 cm³/mol. The summed E-state index contributed by atoms with van der Waals surface area (Å²) in [6.07, 6.45) is 3.60. The van der Waals surface area contributed by atoms with Crippen LogP contribution in [0.5, 0.6) is 5.75 Å². The van der Waals surface area contributed by atoms with Crippen LogP contribution in [0, 0.1) is 0 Å². The van der Waals surface area contributed by atoms with Crippen LogP contribution in [0.15, 0.2) is 78.9 Å². The van der Waals surface area contributed by atoms with E-state index in [-0.39, 0.29) is 23.2 Å². The maximum absolute atomic E-state index is 7.42. The Balaban J connectivity index is 1.37. The fourth-order valence-electron chi connectivity index (χ4n) is 6.04. The summed E-state index contributed by atoms with van der Waals surface area (Å²) < 4.78 is 13.1. The lowest BCUT2D eigenvalue weighted by Crippen LogP contribution is -2.68. The van der Waals surface area contributed by atoms with Gasteiger partial charge in [0.15, 0.2) is 5.11 Å². The zero-order valence-corrected chi connectivity index (χ0v) is 24.4. The summed E-state index contributed by atoms with van der Waals surface area (Å²) in [5.74, 6) is 0.936. The van der Waals surface area contributed by atoms with E-state index in [9.17, 15) is 0 Å².